The normalized spacial score (nSPS) is 19.1. The Kier molecular flexibility index (Phi) is 5.52. The molecule has 0 spiro atoms. The highest BCUT2D eigenvalue weighted by Gasteiger charge is 2.19. The van der Waals surface area contributed by atoms with Crippen LogP contribution in [0.4, 0.5) is 0 Å². The Morgan fingerprint density at radius 2 is 1.95 bits per heavy atom. The van der Waals surface area contributed by atoms with E-state index in [1.54, 1.807) is 0 Å². The average Bonchev–Trinajstić information content (AvgIpc) is 2.53. The lowest BCUT2D eigenvalue weighted by molar-refractivity contribution is -0.186. The van der Waals surface area contributed by atoms with Crippen molar-refractivity contribution in [3.05, 3.63) is 29.8 Å². The van der Waals surface area contributed by atoms with Crippen LogP contribution in [0.1, 0.15) is 29.6 Å². The molecule has 2 rings (SSSR count). The number of rotatable bonds is 5. The molecule has 0 bridgehead atoms. The smallest absolute Gasteiger partial charge is 0.274 e. The molecule has 7 nitrogen and oxygen atoms in total. The van der Waals surface area contributed by atoms with Gasteiger partial charge in [0.1, 0.15) is 0 Å². The second-order valence-electron chi connectivity index (χ2n) is 5.16. The van der Waals surface area contributed by atoms with Crippen LogP contribution < -0.4 is 5.48 Å². The van der Waals surface area contributed by atoms with Gasteiger partial charge in [0.05, 0.1) is 4.90 Å². The van der Waals surface area contributed by atoms with Gasteiger partial charge in [-0.3, -0.25) is 4.79 Å². The number of nitrogens with zero attached hydrogens (tertiary/aromatic N) is 1. The minimum atomic E-state index is -3.50. The standard InChI is InChI=1S/C14H20N2O5S/c1-16(2)22(18,19)12-8-6-11(7-9-12)14(17)15-21-13-5-3-4-10-20-13/h6-9,13H,3-5,10H2,1-2H3,(H,15,17). The van der Waals surface area contributed by atoms with Gasteiger partial charge in [0.25, 0.3) is 5.91 Å². The summed E-state index contributed by atoms with van der Waals surface area (Å²) in [6, 6.07) is 5.66. The third-order valence-electron chi connectivity index (χ3n) is 3.32. The number of nitrogens with one attached hydrogen (secondary N) is 1. The van der Waals surface area contributed by atoms with E-state index in [0.29, 0.717) is 12.2 Å². The average molecular weight is 328 g/mol. The van der Waals surface area contributed by atoms with Gasteiger partial charge in [-0.2, -0.15) is 0 Å². The molecule has 1 aromatic rings. The Labute approximate surface area is 130 Å². The highest BCUT2D eigenvalue weighted by Crippen LogP contribution is 2.15. The van der Waals surface area contributed by atoms with E-state index in [1.165, 1.54) is 38.4 Å². The topological polar surface area (TPSA) is 84.9 Å². The lowest BCUT2D eigenvalue weighted by atomic mass is 10.2. The summed E-state index contributed by atoms with van der Waals surface area (Å²) in [7, 11) is -0.594. The summed E-state index contributed by atoms with van der Waals surface area (Å²) in [6.07, 6.45) is 2.30. The molecule has 1 aromatic carbocycles. The maximum atomic E-state index is 11.9. The van der Waals surface area contributed by atoms with Crippen molar-refractivity contribution in [2.24, 2.45) is 0 Å². The molecule has 122 valence electrons. The molecule has 1 aliphatic rings. The molecule has 1 heterocycles. The number of hydrogen-bond donors (Lipinski definition) is 1. The van der Waals surface area contributed by atoms with Crippen LogP contribution in [0.5, 0.6) is 0 Å². The first-order valence-electron chi connectivity index (χ1n) is 7.01. The van der Waals surface area contributed by atoms with E-state index in [0.717, 1.165) is 23.6 Å². The zero-order chi connectivity index (χ0) is 16.2. The highest BCUT2D eigenvalue weighted by atomic mass is 32.2. The molecule has 22 heavy (non-hydrogen) atoms. The molecule has 0 aromatic heterocycles. The van der Waals surface area contributed by atoms with E-state index in [4.69, 9.17) is 9.57 Å². The van der Waals surface area contributed by atoms with Crippen LogP contribution >= 0.6 is 0 Å². The minimum absolute atomic E-state index is 0.130. The van der Waals surface area contributed by atoms with Crippen molar-refractivity contribution in [2.75, 3.05) is 20.7 Å². The van der Waals surface area contributed by atoms with Crippen molar-refractivity contribution in [3.8, 4) is 0 Å². The number of carbonyl (C=O) groups is 1. The molecular formula is C14H20N2O5S. The SMILES string of the molecule is CN(C)S(=O)(=O)c1ccc(C(=O)NOC2CCCCO2)cc1. The van der Waals surface area contributed by atoms with E-state index in [1.807, 2.05) is 0 Å². The summed E-state index contributed by atoms with van der Waals surface area (Å²) in [5.74, 6) is -0.442. The Hall–Kier alpha value is -1.48. The quantitative estimate of drug-likeness (QED) is 0.819. The zero-order valence-corrected chi connectivity index (χ0v) is 13.4. The Bertz CT molecular complexity index is 607. The number of benzene rings is 1. The van der Waals surface area contributed by atoms with Crippen molar-refractivity contribution in [2.45, 2.75) is 30.4 Å². The number of hydroxylamine groups is 1. The fraction of sp³-hybridized carbons (Fsp3) is 0.500. The maximum absolute atomic E-state index is 11.9. The molecule has 0 aliphatic carbocycles. The maximum Gasteiger partial charge on any atom is 0.274 e. The van der Waals surface area contributed by atoms with Crippen LogP contribution in [-0.2, 0) is 19.6 Å². The molecular weight excluding hydrogens is 308 g/mol. The van der Waals surface area contributed by atoms with Gasteiger partial charge in [0.2, 0.25) is 10.0 Å². The summed E-state index contributed by atoms with van der Waals surface area (Å²) in [4.78, 5) is 17.2. The van der Waals surface area contributed by atoms with E-state index >= 15 is 0 Å². The van der Waals surface area contributed by atoms with Crippen molar-refractivity contribution in [3.63, 3.8) is 0 Å². The highest BCUT2D eigenvalue weighted by molar-refractivity contribution is 7.89. The molecule has 1 N–H and O–H groups in total. The summed E-state index contributed by atoms with van der Waals surface area (Å²) >= 11 is 0. The fourth-order valence-corrected chi connectivity index (χ4v) is 2.87. The van der Waals surface area contributed by atoms with Crippen LogP contribution in [0.3, 0.4) is 0 Å². The van der Waals surface area contributed by atoms with Crippen LogP contribution in [-0.4, -0.2) is 45.6 Å². The van der Waals surface area contributed by atoms with Gasteiger partial charge in [0, 0.05) is 32.7 Å². The number of carbonyl (C=O) groups excluding carboxylic acids is 1. The number of amides is 1. The van der Waals surface area contributed by atoms with Gasteiger partial charge < -0.3 is 4.74 Å². The third-order valence-corrected chi connectivity index (χ3v) is 5.15. The molecule has 1 amide bonds. The van der Waals surface area contributed by atoms with Gasteiger partial charge >= 0.3 is 0 Å². The molecule has 0 saturated carbocycles. The zero-order valence-electron chi connectivity index (χ0n) is 12.6. The first-order chi connectivity index (χ1) is 10.4. The lowest BCUT2D eigenvalue weighted by Crippen LogP contribution is -2.33. The lowest BCUT2D eigenvalue weighted by Gasteiger charge is -2.22. The third kappa shape index (κ3) is 4.04. The van der Waals surface area contributed by atoms with Gasteiger partial charge in [-0.15, -0.1) is 0 Å². The predicted molar refractivity (Wildman–Crippen MR) is 79.5 cm³/mol. The largest absolute Gasteiger partial charge is 0.350 e. The second-order valence-corrected chi connectivity index (χ2v) is 7.31. The van der Waals surface area contributed by atoms with Crippen molar-refractivity contribution in [1.29, 1.82) is 0 Å². The van der Waals surface area contributed by atoms with Gasteiger partial charge in [0.15, 0.2) is 6.29 Å². The Morgan fingerprint density at radius 3 is 2.50 bits per heavy atom. The summed E-state index contributed by atoms with van der Waals surface area (Å²) in [5.41, 5.74) is 2.64. The summed E-state index contributed by atoms with van der Waals surface area (Å²) < 4.78 is 30.3. The van der Waals surface area contributed by atoms with Crippen molar-refractivity contribution in [1.82, 2.24) is 9.79 Å². The van der Waals surface area contributed by atoms with E-state index in [-0.39, 0.29) is 4.90 Å². The monoisotopic (exact) mass is 328 g/mol. The molecule has 1 atom stereocenters. The van der Waals surface area contributed by atoms with Crippen LogP contribution in [0, 0.1) is 0 Å². The predicted octanol–water partition coefficient (Wildman–Crippen LogP) is 1.12. The molecule has 1 unspecified atom stereocenters. The first-order valence-corrected chi connectivity index (χ1v) is 8.45. The minimum Gasteiger partial charge on any atom is -0.350 e. The van der Waals surface area contributed by atoms with Crippen molar-refractivity contribution < 1.29 is 22.8 Å². The van der Waals surface area contributed by atoms with Crippen LogP contribution in [0.25, 0.3) is 0 Å². The fourth-order valence-electron chi connectivity index (χ4n) is 1.97. The van der Waals surface area contributed by atoms with Gasteiger partial charge in [-0.1, -0.05) is 0 Å². The number of ether oxygens (including phenoxy) is 1. The number of hydrogen-bond acceptors (Lipinski definition) is 5. The Balaban J connectivity index is 1.96. The summed E-state index contributed by atoms with van der Waals surface area (Å²) in [6.45, 7) is 0.623. The molecule has 0 radical (unpaired) electrons. The molecule has 1 saturated heterocycles. The van der Waals surface area contributed by atoms with E-state index < -0.39 is 22.2 Å². The van der Waals surface area contributed by atoms with Crippen LogP contribution in [0.2, 0.25) is 0 Å². The molecule has 8 heteroatoms. The van der Waals surface area contributed by atoms with Crippen molar-refractivity contribution >= 4 is 15.9 Å². The molecule has 1 aliphatic heterocycles. The molecule has 1 fully saturated rings. The Morgan fingerprint density at radius 1 is 1.27 bits per heavy atom. The first kappa shape index (κ1) is 16.9. The summed E-state index contributed by atoms with van der Waals surface area (Å²) in [5, 5.41) is 0. The second kappa shape index (κ2) is 7.19. The van der Waals surface area contributed by atoms with E-state index in [9.17, 15) is 13.2 Å². The van der Waals surface area contributed by atoms with Crippen LogP contribution in [0.15, 0.2) is 29.2 Å². The van der Waals surface area contributed by atoms with Gasteiger partial charge in [-0.25, -0.2) is 23.0 Å². The number of sulfonamides is 1. The van der Waals surface area contributed by atoms with Gasteiger partial charge in [-0.05, 0) is 37.1 Å². The van der Waals surface area contributed by atoms with E-state index in [2.05, 4.69) is 5.48 Å².